The zero-order valence-electron chi connectivity index (χ0n) is 19.3. The summed E-state index contributed by atoms with van der Waals surface area (Å²) in [5, 5.41) is 11.0. The standard InChI is InChI=1S/C27H23ClFNO5/c1-4-15-5-7-16(8-6-15)25(31)23-24(17-9-12-21(34-2)22(13-17)35-3)30(27(33)26(23)32)18-10-11-20(29)19(28)14-18/h5-14,24,31H,4H2,1-3H3/b25-23+. The van der Waals surface area contributed by atoms with Crippen molar-refractivity contribution < 1.29 is 28.6 Å². The summed E-state index contributed by atoms with van der Waals surface area (Å²) < 4.78 is 24.6. The first-order valence-corrected chi connectivity index (χ1v) is 11.3. The summed E-state index contributed by atoms with van der Waals surface area (Å²) in [6, 6.07) is 14.7. The number of hydrogen-bond acceptors (Lipinski definition) is 5. The van der Waals surface area contributed by atoms with E-state index in [4.69, 9.17) is 21.1 Å². The maximum absolute atomic E-state index is 13.9. The van der Waals surface area contributed by atoms with Crippen LogP contribution in [0.25, 0.3) is 5.76 Å². The summed E-state index contributed by atoms with van der Waals surface area (Å²) in [6.45, 7) is 2.01. The third-order valence-electron chi connectivity index (χ3n) is 5.98. The van der Waals surface area contributed by atoms with Crippen LogP contribution in [0.3, 0.4) is 0 Å². The molecular weight excluding hydrogens is 473 g/mol. The van der Waals surface area contributed by atoms with Gasteiger partial charge in [-0.3, -0.25) is 14.5 Å². The van der Waals surface area contributed by atoms with Crippen LogP contribution >= 0.6 is 11.6 Å². The minimum absolute atomic E-state index is 0.105. The van der Waals surface area contributed by atoms with E-state index >= 15 is 0 Å². The first kappa shape index (κ1) is 24.3. The molecule has 1 saturated heterocycles. The van der Waals surface area contributed by atoms with Crippen molar-refractivity contribution in [3.05, 3.63) is 93.8 Å². The number of amides is 1. The fourth-order valence-corrected chi connectivity index (χ4v) is 4.30. The molecule has 1 fully saturated rings. The van der Waals surface area contributed by atoms with Gasteiger partial charge in [0.05, 0.1) is 30.9 Å². The Balaban J connectivity index is 1.96. The summed E-state index contributed by atoms with van der Waals surface area (Å²) >= 11 is 5.98. The Morgan fingerprint density at radius 2 is 1.69 bits per heavy atom. The number of carbonyl (C=O) groups is 2. The lowest BCUT2D eigenvalue weighted by molar-refractivity contribution is -0.132. The number of methoxy groups -OCH3 is 2. The fraction of sp³-hybridized carbons (Fsp3) is 0.185. The lowest BCUT2D eigenvalue weighted by Crippen LogP contribution is -2.29. The predicted octanol–water partition coefficient (Wildman–Crippen LogP) is 5.69. The number of hydrogen-bond donors (Lipinski definition) is 1. The average molecular weight is 496 g/mol. The highest BCUT2D eigenvalue weighted by Crippen LogP contribution is 2.44. The van der Waals surface area contributed by atoms with Gasteiger partial charge in [0, 0.05) is 11.3 Å². The lowest BCUT2D eigenvalue weighted by atomic mass is 9.94. The van der Waals surface area contributed by atoms with E-state index in [-0.39, 0.29) is 22.0 Å². The van der Waals surface area contributed by atoms with Crippen LogP contribution in [0, 0.1) is 5.82 Å². The van der Waals surface area contributed by atoms with Gasteiger partial charge in [-0.15, -0.1) is 0 Å². The van der Waals surface area contributed by atoms with Crippen LogP contribution in [0.2, 0.25) is 5.02 Å². The number of ketones is 1. The molecule has 1 atom stereocenters. The normalized spacial score (nSPS) is 17.1. The molecule has 1 heterocycles. The number of Topliss-reactive ketones (excluding diaryl/α,β-unsaturated/α-hetero) is 1. The Hall–Kier alpha value is -3.84. The van der Waals surface area contributed by atoms with Gasteiger partial charge in [0.25, 0.3) is 11.7 Å². The number of aryl methyl sites for hydroxylation is 1. The molecule has 1 N–H and O–H groups in total. The van der Waals surface area contributed by atoms with Gasteiger partial charge in [-0.2, -0.15) is 0 Å². The molecule has 0 aliphatic carbocycles. The van der Waals surface area contributed by atoms with Crippen molar-refractivity contribution in [2.45, 2.75) is 19.4 Å². The van der Waals surface area contributed by atoms with Crippen molar-refractivity contribution in [1.82, 2.24) is 0 Å². The third kappa shape index (κ3) is 4.35. The monoisotopic (exact) mass is 495 g/mol. The molecule has 180 valence electrons. The highest BCUT2D eigenvalue weighted by molar-refractivity contribution is 6.51. The highest BCUT2D eigenvalue weighted by atomic mass is 35.5. The number of rotatable bonds is 6. The van der Waals surface area contributed by atoms with Crippen LogP contribution in [-0.2, 0) is 16.0 Å². The minimum atomic E-state index is -1.03. The fourth-order valence-electron chi connectivity index (χ4n) is 4.13. The molecule has 1 aliphatic heterocycles. The van der Waals surface area contributed by atoms with E-state index in [0.717, 1.165) is 18.1 Å². The van der Waals surface area contributed by atoms with Crippen molar-refractivity contribution in [2.75, 3.05) is 19.1 Å². The SMILES string of the molecule is CCc1ccc(/C(O)=C2\C(=O)C(=O)N(c3ccc(F)c(Cl)c3)C2c2ccc(OC)c(OC)c2)cc1. The summed E-state index contributed by atoms with van der Waals surface area (Å²) in [6.07, 6.45) is 0.808. The second-order valence-electron chi connectivity index (χ2n) is 7.93. The highest BCUT2D eigenvalue weighted by Gasteiger charge is 2.47. The van der Waals surface area contributed by atoms with E-state index in [1.54, 1.807) is 30.3 Å². The molecule has 1 aliphatic rings. The number of aliphatic hydroxyl groups excluding tert-OH is 1. The molecule has 3 aromatic rings. The summed E-state index contributed by atoms with van der Waals surface area (Å²) in [4.78, 5) is 27.7. The third-order valence-corrected chi connectivity index (χ3v) is 6.27. The van der Waals surface area contributed by atoms with E-state index in [0.29, 0.717) is 22.6 Å². The maximum Gasteiger partial charge on any atom is 0.300 e. The van der Waals surface area contributed by atoms with Crippen LogP contribution in [-0.4, -0.2) is 31.0 Å². The smallest absolute Gasteiger partial charge is 0.300 e. The van der Waals surface area contributed by atoms with E-state index in [1.807, 2.05) is 19.1 Å². The molecule has 3 aromatic carbocycles. The predicted molar refractivity (Wildman–Crippen MR) is 132 cm³/mol. The Bertz CT molecular complexity index is 1340. The van der Waals surface area contributed by atoms with Crippen LogP contribution < -0.4 is 14.4 Å². The number of benzene rings is 3. The zero-order valence-corrected chi connectivity index (χ0v) is 20.1. The van der Waals surface area contributed by atoms with Crippen LogP contribution in [0.1, 0.15) is 29.7 Å². The topological polar surface area (TPSA) is 76.1 Å². The first-order valence-electron chi connectivity index (χ1n) is 10.9. The van der Waals surface area contributed by atoms with Crippen LogP contribution in [0.4, 0.5) is 10.1 Å². The van der Waals surface area contributed by atoms with E-state index in [1.165, 1.54) is 31.3 Å². The second-order valence-corrected chi connectivity index (χ2v) is 8.34. The molecule has 35 heavy (non-hydrogen) atoms. The average Bonchev–Trinajstić information content (AvgIpc) is 3.15. The number of anilines is 1. The van der Waals surface area contributed by atoms with Crippen molar-refractivity contribution in [3.63, 3.8) is 0 Å². The number of halogens is 2. The molecule has 8 heteroatoms. The molecule has 4 rings (SSSR count). The summed E-state index contributed by atoms with van der Waals surface area (Å²) in [7, 11) is 2.96. The quantitative estimate of drug-likeness (QED) is 0.270. The molecule has 1 unspecified atom stereocenters. The Morgan fingerprint density at radius 3 is 2.29 bits per heavy atom. The van der Waals surface area contributed by atoms with Gasteiger partial charge >= 0.3 is 0 Å². The number of aliphatic hydroxyl groups is 1. The molecule has 0 spiro atoms. The van der Waals surface area contributed by atoms with E-state index in [9.17, 15) is 19.1 Å². The zero-order chi connectivity index (χ0) is 25.3. The van der Waals surface area contributed by atoms with Gasteiger partial charge < -0.3 is 14.6 Å². The van der Waals surface area contributed by atoms with Crippen molar-refractivity contribution in [1.29, 1.82) is 0 Å². The number of ether oxygens (including phenoxy) is 2. The molecule has 1 amide bonds. The first-order chi connectivity index (χ1) is 16.8. The van der Waals surface area contributed by atoms with E-state index in [2.05, 4.69) is 0 Å². The van der Waals surface area contributed by atoms with Gasteiger partial charge in [-0.1, -0.05) is 48.9 Å². The maximum atomic E-state index is 13.9. The molecular formula is C27H23ClFNO5. The lowest BCUT2D eigenvalue weighted by Gasteiger charge is -2.26. The molecule has 0 saturated carbocycles. The molecule has 6 nitrogen and oxygen atoms in total. The van der Waals surface area contributed by atoms with Crippen molar-refractivity contribution in [2.24, 2.45) is 0 Å². The minimum Gasteiger partial charge on any atom is -0.507 e. The van der Waals surface area contributed by atoms with Crippen molar-refractivity contribution in [3.8, 4) is 11.5 Å². The van der Waals surface area contributed by atoms with Gasteiger partial charge in [-0.05, 0) is 47.9 Å². The number of carbonyl (C=O) groups excluding carboxylic acids is 2. The van der Waals surface area contributed by atoms with Gasteiger partial charge in [-0.25, -0.2) is 4.39 Å². The summed E-state index contributed by atoms with van der Waals surface area (Å²) in [5.41, 5.74) is 2.03. The largest absolute Gasteiger partial charge is 0.507 e. The summed E-state index contributed by atoms with van der Waals surface area (Å²) in [5.74, 6) is -1.90. The Kier molecular flexibility index (Phi) is 6.80. The van der Waals surface area contributed by atoms with Gasteiger partial charge in [0.1, 0.15) is 11.6 Å². The number of nitrogens with zero attached hydrogens (tertiary/aromatic N) is 1. The molecule has 0 aromatic heterocycles. The second kappa shape index (κ2) is 9.80. The van der Waals surface area contributed by atoms with Crippen LogP contribution in [0.15, 0.2) is 66.2 Å². The molecule has 0 bridgehead atoms. The van der Waals surface area contributed by atoms with Crippen molar-refractivity contribution >= 4 is 34.7 Å². The van der Waals surface area contributed by atoms with Gasteiger partial charge in [0.2, 0.25) is 0 Å². The Morgan fingerprint density at radius 1 is 1.00 bits per heavy atom. The van der Waals surface area contributed by atoms with E-state index < -0.39 is 23.5 Å². The van der Waals surface area contributed by atoms with Gasteiger partial charge in [0.15, 0.2) is 11.5 Å². The van der Waals surface area contributed by atoms with Crippen LogP contribution in [0.5, 0.6) is 11.5 Å². The Labute approximate surface area is 207 Å². The molecule has 0 radical (unpaired) electrons.